The maximum Gasteiger partial charge on any atom is 0.397 e. The van der Waals surface area contributed by atoms with E-state index in [2.05, 4.69) is 26.8 Å². The minimum Gasteiger partial charge on any atom is -0.477 e. The molecule has 1 amide bonds. The van der Waals surface area contributed by atoms with Crippen molar-refractivity contribution in [1.29, 1.82) is 0 Å². The van der Waals surface area contributed by atoms with Crippen LogP contribution in [0.4, 0.5) is 19.0 Å². The molecular weight excluding hydrogens is 563 g/mol. The van der Waals surface area contributed by atoms with Gasteiger partial charge < -0.3 is 9.64 Å². The predicted molar refractivity (Wildman–Crippen MR) is 144 cm³/mol. The van der Waals surface area contributed by atoms with Crippen molar-refractivity contribution in [2.24, 2.45) is 18.4 Å². The highest BCUT2D eigenvalue weighted by molar-refractivity contribution is 7.90. The summed E-state index contributed by atoms with van der Waals surface area (Å²) in [6, 6.07) is 4.27. The molecule has 0 spiro atoms. The summed E-state index contributed by atoms with van der Waals surface area (Å²) in [7, 11) is -2.68. The normalized spacial score (nSPS) is 17.6. The van der Waals surface area contributed by atoms with Gasteiger partial charge in [0.25, 0.3) is 15.9 Å². The molecule has 3 aromatic rings. The second kappa shape index (κ2) is 10.3. The topological polar surface area (TPSA) is 124 Å². The summed E-state index contributed by atoms with van der Waals surface area (Å²) in [6.07, 6.45) is -1.03. The average molecular weight is 598 g/mol. The lowest BCUT2D eigenvalue weighted by atomic mass is 9.94. The van der Waals surface area contributed by atoms with Gasteiger partial charge in [0.05, 0.1) is 22.9 Å². The molecule has 1 aliphatic rings. The van der Waals surface area contributed by atoms with Crippen LogP contribution in [0.5, 0.6) is 5.88 Å². The molecule has 1 saturated heterocycles. The van der Waals surface area contributed by atoms with Crippen LogP contribution >= 0.6 is 0 Å². The smallest absolute Gasteiger partial charge is 0.397 e. The summed E-state index contributed by atoms with van der Waals surface area (Å²) in [5, 5.41) is 8.22. The van der Waals surface area contributed by atoms with Gasteiger partial charge in [0, 0.05) is 31.4 Å². The number of ether oxygens (including phenoxy) is 1. The largest absolute Gasteiger partial charge is 0.477 e. The van der Waals surface area contributed by atoms with E-state index in [0.717, 1.165) is 20.3 Å². The zero-order valence-corrected chi connectivity index (χ0v) is 24.8. The Labute approximate surface area is 236 Å². The second-order valence-corrected chi connectivity index (χ2v) is 13.4. The Morgan fingerprint density at radius 2 is 1.90 bits per heavy atom. The van der Waals surface area contributed by atoms with Crippen LogP contribution in [0, 0.1) is 18.3 Å². The van der Waals surface area contributed by atoms with Gasteiger partial charge in [-0.15, -0.1) is 0 Å². The van der Waals surface area contributed by atoms with Crippen molar-refractivity contribution in [2.75, 3.05) is 18.1 Å². The lowest BCUT2D eigenvalue weighted by molar-refractivity contribution is -0.219. The maximum atomic E-state index is 13.5. The van der Waals surface area contributed by atoms with Gasteiger partial charge in [-0.25, -0.2) is 18.1 Å². The minimum atomic E-state index is -4.48. The van der Waals surface area contributed by atoms with Crippen molar-refractivity contribution in [3.8, 4) is 11.7 Å². The van der Waals surface area contributed by atoms with Gasteiger partial charge in [0.1, 0.15) is 17.3 Å². The highest BCUT2D eigenvalue weighted by Gasteiger charge is 2.48. The van der Waals surface area contributed by atoms with Gasteiger partial charge in [0.2, 0.25) is 5.88 Å². The summed E-state index contributed by atoms with van der Waals surface area (Å²) in [5.74, 6) is -0.211. The first kappa shape index (κ1) is 30.3. The molecule has 1 N–H and O–H groups in total. The number of hydrogen-bond donors (Lipinski definition) is 1. The Bertz CT molecular complexity index is 1560. The van der Waals surface area contributed by atoms with Gasteiger partial charge in [0.15, 0.2) is 5.82 Å². The molecule has 1 atom stereocenters. The molecule has 0 radical (unpaired) electrons. The number of alkyl halides is 3. The molecule has 4 heterocycles. The molecule has 1 fully saturated rings. The van der Waals surface area contributed by atoms with Crippen LogP contribution in [-0.4, -0.2) is 63.7 Å². The zero-order chi connectivity index (χ0) is 30.5. The van der Waals surface area contributed by atoms with Crippen LogP contribution in [0.15, 0.2) is 35.5 Å². The van der Waals surface area contributed by atoms with Crippen molar-refractivity contribution < 1.29 is 31.1 Å². The number of halogens is 3. The fraction of sp³-hybridized carbons (Fsp3) is 0.538. The first-order valence-corrected chi connectivity index (χ1v) is 14.4. The standard InChI is InChI=1S/C26H34F3N7O4S/c1-16-12-25(5,6)35(13-16)22-18(23(37)33-41(38,39)19-14-34(7)32-17(19)2)8-9-20(31-22)36-21(10-11-30-36)40-15-24(3,4)26(27,28)29/h8-11,14,16H,12-13,15H2,1-7H3,(H,33,37)/t16-/m0/s1. The van der Waals surface area contributed by atoms with Crippen molar-refractivity contribution in [3.63, 3.8) is 0 Å². The molecule has 4 rings (SSSR count). The van der Waals surface area contributed by atoms with E-state index < -0.39 is 39.7 Å². The molecule has 0 aromatic carbocycles. The van der Waals surface area contributed by atoms with E-state index in [-0.39, 0.29) is 39.6 Å². The SMILES string of the molecule is Cc1nn(C)cc1S(=O)(=O)NC(=O)c1ccc(-n2nccc2OCC(C)(C)C(F)(F)F)nc1N1C[C@@H](C)CC1(C)C. The van der Waals surface area contributed by atoms with E-state index in [1.54, 1.807) is 7.05 Å². The van der Waals surface area contributed by atoms with Crippen molar-refractivity contribution >= 4 is 21.7 Å². The van der Waals surface area contributed by atoms with Crippen molar-refractivity contribution in [2.45, 2.75) is 64.6 Å². The van der Waals surface area contributed by atoms with Gasteiger partial charge in [-0.3, -0.25) is 9.48 Å². The fourth-order valence-corrected chi connectivity index (χ4v) is 6.07. The van der Waals surface area contributed by atoms with Crippen LogP contribution < -0.4 is 14.4 Å². The average Bonchev–Trinajstić information content (AvgIpc) is 3.52. The Morgan fingerprint density at radius 1 is 1.22 bits per heavy atom. The lowest BCUT2D eigenvalue weighted by Crippen LogP contribution is -2.41. The number of carbonyl (C=O) groups excluding carboxylic acids is 1. The molecule has 0 bridgehead atoms. The monoisotopic (exact) mass is 597 g/mol. The van der Waals surface area contributed by atoms with Crippen molar-refractivity contribution in [3.05, 3.63) is 41.9 Å². The van der Waals surface area contributed by atoms with Crippen LogP contribution in [0.2, 0.25) is 0 Å². The number of nitrogens with zero attached hydrogens (tertiary/aromatic N) is 6. The maximum absolute atomic E-state index is 13.5. The lowest BCUT2D eigenvalue weighted by Gasteiger charge is -2.34. The summed E-state index contributed by atoms with van der Waals surface area (Å²) in [5.41, 5.74) is -2.31. The number of rotatable bonds is 8. The fourth-order valence-electron chi connectivity index (χ4n) is 4.88. The van der Waals surface area contributed by atoms with Gasteiger partial charge >= 0.3 is 6.18 Å². The summed E-state index contributed by atoms with van der Waals surface area (Å²) < 4.78 is 76.5. The van der Waals surface area contributed by atoms with Gasteiger partial charge in [-0.1, -0.05) is 6.92 Å². The third-order valence-electron chi connectivity index (χ3n) is 7.09. The van der Waals surface area contributed by atoms with E-state index in [9.17, 15) is 26.4 Å². The molecular formula is C26H34F3N7O4S. The second-order valence-electron chi connectivity index (χ2n) is 11.7. The number of amides is 1. The third kappa shape index (κ3) is 6.04. The predicted octanol–water partition coefficient (Wildman–Crippen LogP) is 4.02. The highest BCUT2D eigenvalue weighted by Crippen LogP contribution is 2.39. The number of hydrogen-bond acceptors (Lipinski definition) is 8. The summed E-state index contributed by atoms with van der Waals surface area (Å²) in [4.78, 5) is 19.9. The van der Waals surface area contributed by atoms with Crippen LogP contribution in [0.3, 0.4) is 0 Å². The van der Waals surface area contributed by atoms with Gasteiger partial charge in [-0.2, -0.15) is 28.1 Å². The Kier molecular flexibility index (Phi) is 7.65. The number of carbonyl (C=O) groups is 1. The van der Waals surface area contributed by atoms with Gasteiger partial charge in [-0.05, 0) is 59.1 Å². The molecule has 15 heteroatoms. The number of sulfonamides is 1. The summed E-state index contributed by atoms with van der Waals surface area (Å²) in [6.45, 7) is 9.52. The van der Waals surface area contributed by atoms with E-state index in [0.29, 0.717) is 6.54 Å². The van der Waals surface area contributed by atoms with E-state index >= 15 is 0 Å². The molecule has 0 aliphatic carbocycles. The molecule has 11 nitrogen and oxygen atoms in total. The molecule has 3 aromatic heterocycles. The zero-order valence-electron chi connectivity index (χ0n) is 23.9. The van der Waals surface area contributed by atoms with Crippen LogP contribution in [0.1, 0.15) is 57.1 Å². The number of nitrogens with one attached hydrogen (secondary N) is 1. The molecule has 0 unspecified atom stereocenters. The van der Waals surface area contributed by atoms with E-state index in [1.807, 2.05) is 18.7 Å². The quantitative estimate of drug-likeness (QED) is 0.413. The van der Waals surface area contributed by atoms with Crippen LogP contribution in [-0.2, 0) is 17.1 Å². The minimum absolute atomic E-state index is 0.00822. The number of anilines is 1. The van der Waals surface area contributed by atoms with E-state index in [1.165, 1.54) is 46.9 Å². The Morgan fingerprint density at radius 3 is 2.46 bits per heavy atom. The number of pyridine rings is 1. The van der Waals surface area contributed by atoms with Crippen molar-refractivity contribution in [1.82, 2.24) is 29.3 Å². The molecule has 1 aliphatic heterocycles. The first-order chi connectivity index (χ1) is 18.8. The Hall–Kier alpha value is -3.62. The highest BCUT2D eigenvalue weighted by atomic mass is 32.2. The molecule has 0 saturated carbocycles. The van der Waals surface area contributed by atoms with E-state index in [4.69, 9.17) is 4.74 Å². The molecule has 224 valence electrons. The summed E-state index contributed by atoms with van der Waals surface area (Å²) >= 11 is 0. The Balaban J connectivity index is 1.73. The third-order valence-corrected chi connectivity index (χ3v) is 8.53. The first-order valence-electron chi connectivity index (χ1n) is 12.9. The molecule has 41 heavy (non-hydrogen) atoms. The number of aromatic nitrogens is 5. The number of aryl methyl sites for hydroxylation is 2. The van der Waals surface area contributed by atoms with Crippen LogP contribution in [0.25, 0.3) is 5.82 Å².